The lowest BCUT2D eigenvalue weighted by atomic mass is 9.96. The van der Waals surface area contributed by atoms with Gasteiger partial charge < -0.3 is 9.47 Å². The van der Waals surface area contributed by atoms with E-state index in [0.717, 1.165) is 23.9 Å². The maximum Gasteiger partial charge on any atom is 0.118 e. The molecule has 0 amide bonds. The summed E-state index contributed by atoms with van der Waals surface area (Å²) in [4.78, 5) is 0. The standard InChI is InChI=1S/C14H21BrO2/c1-11(16-2)8-13(10-15)9-12-4-6-14(17-3)7-5-12/h4-7,11,13H,8-10H2,1-3H3. The van der Waals surface area contributed by atoms with E-state index in [4.69, 9.17) is 9.47 Å². The first-order valence-corrected chi connectivity index (χ1v) is 7.03. The maximum atomic E-state index is 5.32. The molecule has 0 heterocycles. The first-order chi connectivity index (χ1) is 8.19. The summed E-state index contributed by atoms with van der Waals surface area (Å²) in [5.74, 6) is 1.52. The molecule has 2 nitrogen and oxygen atoms in total. The van der Waals surface area contributed by atoms with Crippen molar-refractivity contribution in [2.24, 2.45) is 5.92 Å². The zero-order valence-electron chi connectivity index (χ0n) is 10.8. The van der Waals surface area contributed by atoms with Crippen molar-refractivity contribution in [2.75, 3.05) is 19.5 Å². The number of benzene rings is 1. The number of rotatable bonds is 7. The summed E-state index contributed by atoms with van der Waals surface area (Å²) in [7, 11) is 3.46. The molecular weight excluding hydrogens is 280 g/mol. The molecule has 0 spiro atoms. The molecule has 0 aromatic heterocycles. The summed E-state index contributed by atoms with van der Waals surface area (Å²) >= 11 is 3.58. The molecule has 0 aliphatic heterocycles. The van der Waals surface area contributed by atoms with Crippen molar-refractivity contribution < 1.29 is 9.47 Å². The Kier molecular flexibility index (Phi) is 6.60. The fourth-order valence-corrected chi connectivity index (χ4v) is 2.35. The van der Waals surface area contributed by atoms with Gasteiger partial charge in [0.1, 0.15) is 5.75 Å². The second-order valence-electron chi connectivity index (χ2n) is 4.35. The molecule has 1 aromatic carbocycles. The van der Waals surface area contributed by atoms with Crippen LogP contribution in [0.5, 0.6) is 5.75 Å². The van der Waals surface area contributed by atoms with E-state index in [9.17, 15) is 0 Å². The number of halogens is 1. The van der Waals surface area contributed by atoms with Crippen LogP contribution in [-0.2, 0) is 11.2 Å². The SMILES string of the molecule is COc1ccc(CC(CBr)CC(C)OC)cc1. The molecule has 2 unspecified atom stereocenters. The van der Waals surface area contributed by atoms with Crippen LogP contribution < -0.4 is 4.74 Å². The lowest BCUT2D eigenvalue weighted by Crippen LogP contribution is -2.15. The molecule has 0 saturated carbocycles. The Bertz CT molecular complexity index is 311. The van der Waals surface area contributed by atoms with Crippen molar-refractivity contribution >= 4 is 15.9 Å². The molecular formula is C14H21BrO2. The second kappa shape index (κ2) is 7.72. The molecule has 0 N–H and O–H groups in total. The molecule has 0 saturated heterocycles. The quantitative estimate of drug-likeness (QED) is 0.715. The third kappa shape index (κ3) is 5.09. The van der Waals surface area contributed by atoms with Gasteiger partial charge in [-0.1, -0.05) is 28.1 Å². The van der Waals surface area contributed by atoms with Crippen LogP contribution in [0.25, 0.3) is 0 Å². The van der Waals surface area contributed by atoms with E-state index in [1.807, 2.05) is 12.1 Å². The van der Waals surface area contributed by atoms with E-state index in [1.54, 1.807) is 14.2 Å². The van der Waals surface area contributed by atoms with Gasteiger partial charge in [-0.3, -0.25) is 0 Å². The summed E-state index contributed by atoms with van der Waals surface area (Å²) in [6.07, 6.45) is 2.47. The lowest BCUT2D eigenvalue weighted by Gasteiger charge is -2.18. The molecule has 96 valence electrons. The van der Waals surface area contributed by atoms with Gasteiger partial charge in [0.15, 0.2) is 0 Å². The topological polar surface area (TPSA) is 18.5 Å². The first kappa shape index (κ1) is 14.5. The average Bonchev–Trinajstić information content (AvgIpc) is 2.38. The van der Waals surface area contributed by atoms with Crippen molar-refractivity contribution in [3.63, 3.8) is 0 Å². The summed E-state index contributed by atoms with van der Waals surface area (Å²) in [6, 6.07) is 8.29. The van der Waals surface area contributed by atoms with Gasteiger partial charge in [0.25, 0.3) is 0 Å². The Morgan fingerprint density at radius 3 is 2.29 bits per heavy atom. The van der Waals surface area contributed by atoms with E-state index >= 15 is 0 Å². The predicted octanol–water partition coefficient (Wildman–Crippen LogP) is 3.67. The third-order valence-corrected chi connectivity index (χ3v) is 3.88. The Morgan fingerprint density at radius 1 is 1.18 bits per heavy atom. The summed E-state index contributed by atoms with van der Waals surface area (Å²) in [5.41, 5.74) is 1.35. The Labute approximate surface area is 112 Å². The van der Waals surface area contributed by atoms with Crippen molar-refractivity contribution in [1.29, 1.82) is 0 Å². The summed E-state index contributed by atoms with van der Waals surface area (Å²) in [6.45, 7) is 2.11. The highest BCUT2D eigenvalue weighted by Gasteiger charge is 2.12. The van der Waals surface area contributed by atoms with Crippen LogP contribution in [0.4, 0.5) is 0 Å². The molecule has 1 rings (SSSR count). The molecule has 3 heteroatoms. The Balaban J connectivity index is 2.54. The van der Waals surface area contributed by atoms with E-state index in [2.05, 4.69) is 35.0 Å². The van der Waals surface area contributed by atoms with Gasteiger partial charge in [-0.25, -0.2) is 0 Å². The van der Waals surface area contributed by atoms with Crippen LogP contribution >= 0.6 is 15.9 Å². The van der Waals surface area contributed by atoms with Crippen molar-refractivity contribution in [3.8, 4) is 5.75 Å². The summed E-state index contributed by atoms with van der Waals surface area (Å²) in [5, 5.41) is 1.01. The maximum absolute atomic E-state index is 5.32. The number of hydrogen-bond donors (Lipinski definition) is 0. The fourth-order valence-electron chi connectivity index (χ4n) is 1.86. The Hall–Kier alpha value is -0.540. The third-order valence-electron chi connectivity index (χ3n) is 2.97. The molecule has 1 aromatic rings. The zero-order valence-corrected chi connectivity index (χ0v) is 12.4. The van der Waals surface area contributed by atoms with Gasteiger partial charge in [-0.15, -0.1) is 0 Å². The van der Waals surface area contributed by atoms with Gasteiger partial charge in [-0.2, -0.15) is 0 Å². The van der Waals surface area contributed by atoms with Crippen LogP contribution in [0.1, 0.15) is 18.9 Å². The average molecular weight is 301 g/mol. The van der Waals surface area contributed by atoms with Crippen LogP contribution in [0, 0.1) is 5.92 Å². The number of hydrogen-bond acceptors (Lipinski definition) is 2. The number of methoxy groups -OCH3 is 2. The van der Waals surface area contributed by atoms with Gasteiger partial charge >= 0.3 is 0 Å². The number of alkyl halides is 1. The predicted molar refractivity (Wildman–Crippen MR) is 75.1 cm³/mol. The molecule has 0 bridgehead atoms. The molecule has 17 heavy (non-hydrogen) atoms. The largest absolute Gasteiger partial charge is 0.497 e. The van der Waals surface area contributed by atoms with E-state index in [-0.39, 0.29) is 0 Å². The lowest BCUT2D eigenvalue weighted by molar-refractivity contribution is 0.0981. The van der Waals surface area contributed by atoms with Crippen LogP contribution in [0.15, 0.2) is 24.3 Å². The minimum Gasteiger partial charge on any atom is -0.497 e. The van der Waals surface area contributed by atoms with Gasteiger partial charge in [0.05, 0.1) is 13.2 Å². The number of ether oxygens (including phenoxy) is 2. The van der Waals surface area contributed by atoms with E-state index in [1.165, 1.54) is 5.56 Å². The molecule has 2 atom stereocenters. The summed E-state index contributed by atoms with van der Waals surface area (Å²) < 4.78 is 10.5. The van der Waals surface area contributed by atoms with Crippen LogP contribution in [0.2, 0.25) is 0 Å². The van der Waals surface area contributed by atoms with Gasteiger partial charge in [0, 0.05) is 12.4 Å². The van der Waals surface area contributed by atoms with Gasteiger partial charge in [0.2, 0.25) is 0 Å². The zero-order chi connectivity index (χ0) is 12.7. The van der Waals surface area contributed by atoms with E-state index < -0.39 is 0 Å². The fraction of sp³-hybridized carbons (Fsp3) is 0.571. The molecule has 0 fully saturated rings. The first-order valence-electron chi connectivity index (χ1n) is 5.91. The minimum absolute atomic E-state index is 0.316. The second-order valence-corrected chi connectivity index (χ2v) is 5.00. The van der Waals surface area contributed by atoms with Crippen LogP contribution in [0.3, 0.4) is 0 Å². The smallest absolute Gasteiger partial charge is 0.118 e. The Morgan fingerprint density at radius 2 is 1.82 bits per heavy atom. The molecule has 0 aliphatic carbocycles. The molecule has 0 radical (unpaired) electrons. The van der Waals surface area contributed by atoms with Crippen molar-refractivity contribution in [3.05, 3.63) is 29.8 Å². The highest BCUT2D eigenvalue weighted by atomic mass is 79.9. The van der Waals surface area contributed by atoms with Crippen molar-refractivity contribution in [1.82, 2.24) is 0 Å². The highest BCUT2D eigenvalue weighted by Crippen LogP contribution is 2.19. The van der Waals surface area contributed by atoms with Gasteiger partial charge in [-0.05, 0) is 43.4 Å². The monoisotopic (exact) mass is 300 g/mol. The van der Waals surface area contributed by atoms with E-state index in [0.29, 0.717) is 12.0 Å². The van der Waals surface area contributed by atoms with Crippen LogP contribution in [-0.4, -0.2) is 25.7 Å². The normalized spacial score (nSPS) is 14.4. The molecule has 0 aliphatic rings. The highest BCUT2D eigenvalue weighted by molar-refractivity contribution is 9.09. The van der Waals surface area contributed by atoms with Crippen molar-refractivity contribution in [2.45, 2.75) is 25.9 Å². The minimum atomic E-state index is 0.316.